The Bertz CT molecular complexity index is 803. The largest absolute Gasteiger partial charge is 0.487 e. The van der Waals surface area contributed by atoms with Gasteiger partial charge in [0.1, 0.15) is 17.1 Å². The van der Waals surface area contributed by atoms with Crippen molar-refractivity contribution in [3.8, 4) is 11.5 Å². The first-order chi connectivity index (χ1) is 16.5. The molecule has 1 aliphatic heterocycles. The van der Waals surface area contributed by atoms with Crippen molar-refractivity contribution in [1.82, 2.24) is 5.32 Å². The number of benzene rings is 1. The molecule has 35 heavy (non-hydrogen) atoms. The van der Waals surface area contributed by atoms with Crippen LogP contribution in [0.3, 0.4) is 0 Å². The fourth-order valence-electron chi connectivity index (χ4n) is 5.45. The number of nitrogens with one attached hydrogen (secondary N) is 1. The highest BCUT2D eigenvalue weighted by Crippen LogP contribution is 2.43. The predicted molar refractivity (Wildman–Crippen MR) is 148 cm³/mol. The van der Waals surface area contributed by atoms with Gasteiger partial charge in [0.2, 0.25) is 0 Å². The summed E-state index contributed by atoms with van der Waals surface area (Å²) in [5, 5.41) is 2.85. The van der Waals surface area contributed by atoms with E-state index >= 15 is 0 Å². The van der Waals surface area contributed by atoms with Crippen LogP contribution in [-0.4, -0.2) is 25.2 Å². The molecule has 0 aromatic heterocycles. The summed E-state index contributed by atoms with van der Waals surface area (Å²) in [4.78, 5) is 12.0. The normalized spacial score (nSPS) is 19.2. The van der Waals surface area contributed by atoms with E-state index in [1.54, 1.807) is 7.05 Å². The molecule has 2 rings (SSSR count). The highest BCUT2D eigenvalue weighted by molar-refractivity contribution is 5.75. The smallest absolute Gasteiger partial charge is 0.325 e. The first-order valence-corrected chi connectivity index (χ1v) is 14.2. The molecule has 1 heterocycles. The van der Waals surface area contributed by atoms with E-state index in [1.165, 1.54) is 56.9 Å². The summed E-state index contributed by atoms with van der Waals surface area (Å²) in [6.45, 7) is 16.1. The molecule has 1 N–H and O–H groups in total. The molecule has 0 bridgehead atoms. The fourth-order valence-corrected chi connectivity index (χ4v) is 5.45. The van der Waals surface area contributed by atoms with Crippen LogP contribution in [0.25, 0.3) is 0 Å². The SMILES string of the molecule is CNCC(=O)Oc1cc(C)c2c(c1C)CCC(C)(CCCC(C)CCCC(C)CCCC(C)C)O2. The van der Waals surface area contributed by atoms with Gasteiger partial charge in [-0.05, 0) is 88.4 Å². The molecule has 0 amide bonds. The zero-order chi connectivity index (χ0) is 26.0. The van der Waals surface area contributed by atoms with Gasteiger partial charge in [-0.2, -0.15) is 0 Å². The average molecular weight is 488 g/mol. The Morgan fingerprint density at radius 2 is 1.63 bits per heavy atom. The Morgan fingerprint density at radius 1 is 1.03 bits per heavy atom. The van der Waals surface area contributed by atoms with Crippen molar-refractivity contribution in [3.05, 3.63) is 22.8 Å². The Labute approximate surface area is 215 Å². The van der Waals surface area contributed by atoms with Crippen LogP contribution in [0.2, 0.25) is 0 Å². The number of rotatable bonds is 15. The molecule has 0 radical (unpaired) electrons. The molecule has 0 aliphatic carbocycles. The molecular formula is C31H53NO3. The minimum Gasteiger partial charge on any atom is -0.487 e. The summed E-state index contributed by atoms with van der Waals surface area (Å²) < 4.78 is 12.2. The van der Waals surface area contributed by atoms with Crippen molar-refractivity contribution in [1.29, 1.82) is 0 Å². The molecule has 0 fully saturated rings. The highest BCUT2D eigenvalue weighted by atomic mass is 16.5. The molecule has 0 saturated carbocycles. The Morgan fingerprint density at radius 3 is 2.23 bits per heavy atom. The number of fused-ring (bicyclic) bond motifs is 1. The van der Waals surface area contributed by atoms with Crippen LogP contribution in [-0.2, 0) is 11.2 Å². The summed E-state index contributed by atoms with van der Waals surface area (Å²) in [6, 6.07) is 1.96. The van der Waals surface area contributed by atoms with Crippen LogP contribution in [0.5, 0.6) is 11.5 Å². The lowest BCUT2D eigenvalue weighted by atomic mass is 9.84. The van der Waals surface area contributed by atoms with Gasteiger partial charge in [0.05, 0.1) is 6.54 Å². The maximum atomic E-state index is 12.0. The van der Waals surface area contributed by atoms with E-state index in [2.05, 4.69) is 46.9 Å². The first kappa shape index (κ1) is 29.7. The molecule has 200 valence electrons. The minimum atomic E-state index is -0.258. The monoisotopic (exact) mass is 487 g/mol. The molecule has 3 unspecified atom stereocenters. The Balaban J connectivity index is 1.79. The number of ether oxygens (including phenoxy) is 2. The van der Waals surface area contributed by atoms with Gasteiger partial charge in [0.25, 0.3) is 0 Å². The summed E-state index contributed by atoms with van der Waals surface area (Å²) in [5.74, 6) is 3.90. The lowest BCUT2D eigenvalue weighted by Gasteiger charge is -2.38. The van der Waals surface area contributed by atoms with Gasteiger partial charge in [0, 0.05) is 5.56 Å². The second-order valence-electron chi connectivity index (χ2n) is 12.0. The maximum Gasteiger partial charge on any atom is 0.325 e. The minimum absolute atomic E-state index is 0.112. The third kappa shape index (κ3) is 9.79. The number of carbonyl (C=O) groups is 1. The molecule has 0 spiro atoms. The molecule has 1 aromatic rings. The van der Waals surface area contributed by atoms with Crippen LogP contribution >= 0.6 is 0 Å². The molecule has 4 heteroatoms. The molecular weight excluding hydrogens is 434 g/mol. The van der Waals surface area contributed by atoms with Crippen LogP contribution in [0.1, 0.15) is 116 Å². The van der Waals surface area contributed by atoms with Crippen molar-refractivity contribution >= 4 is 5.97 Å². The quantitative estimate of drug-likeness (QED) is 0.201. The highest BCUT2D eigenvalue weighted by Gasteiger charge is 2.33. The third-order valence-corrected chi connectivity index (χ3v) is 7.87. The number of carbonyl (C=O) groups excluding carboxylic acids is 1. The van der Waals surface area contributed by atoms with Crippen molar-refractivity contribution in [2.75, 3.05) is 13.6 Å². The molecule has 4 nitrogen and oxygen atoms in total. The maximum absolute atomic E-state index is 12.0. The zero-order valence-electron chi connectivity index (χ0n) is 24.0. The zero-order valence-corrected chi connectivity index (χ0v) is 24.0. The van der Waals surface area contributed by atoms with E-state index in [0.29, 0.717) is 5.75 Å². The number of hydrogen-bond donors (Lipinski definition) is 1. The van der Waals surface area contributed by atoms with Crippen LogP contribution in [0, 0.1) is 31.6 Å². The van der Waals surface area contributed by atoms with E-state index in [0.717, 1.165) is 53.9 Å². The van der Waals surface area contributed by atoms with Crippen molar-refractivity contribution in [2.24, 2.45) is 17.8 Å². The second kappa shape index (κ2) is 14.3. The van der Waals surface area contributed by atoms with Gasteiger partial charge in [0.15, 0.2) is 0 Å². The topological polar surface area (TPSA) is 47.6 Å². The van der Waals surface area contributed by atoms with E-state index in [9.17, 15) is 4.79 Å². The van der Waals surface area contributed by atoms with Crippen molar-refractivity contribution < 1.29 is 14.3 Å². The lowest BCUT2D eigenvalue weighted by molar-refractivity contribution is -0.133. The molecule has 3 atom stereocenters. The number of hydrogen-bond acceptors (Lipinski definition) is 4. The van der Waals surface area contributed by atoms with Crippen molar-refractivity contribution in [2.45, 2.75) is 125 Å². The van der Waals surface area contributed by atoms with Gasteiger partial charge in [-0.3, -0.25) is 4.79 Å². The Kier molecular flexibility index (Phi) is 12.1. The number of likely N-dealkylation sites (N-methyl/N-ethyl adjacent to an activating group) is 1. The average Bonchev–Trinajstić information content (AvgIpc) is 2.77. The van der Waals surface area contributed by atoms with Crippen LogP contribution in [0.15, 0.2) is 6.07 Å². The summed E-state index contributed by atoms with van der Waals surface area (Å²) in [7, 11) is 1.75. The van der Waals surface area contributed by atoms with E-state index in [-0.39, 0.29) is 18.1 Å². The standard InChI is InChI=1S/C31H53NO3/c1-22(2)12-9-13-23(3)14-10-15-24(4)16-11-18-31(7)19-17-27-26(6)28(34-29(33)21-32-8)20-25(5)30(27)35-31/h20,22-24,32H,9-19,21H2,1-8H3. The van der Waals surface area contributed by atoms with Gasteiger partial charge < -0.3 is 14.8 Å². The number of esters is 1. The molecule has 0 saturated heterocycles. The van der Waals surface area contributed by atoms with E-state index in [1.807, 2.05) is 13.0 Å². The van der Waals surface area contributed by atoms with Crippen molar-refractivity contribution in [3.63, 3.8) is 0 Å². The first-order valence-electron chi connectivity index (χ1n) is 14.2. The van der Waals surface area contributed by atoms with Gasteiger partial charge in [-0.1, -0.05) is 72.6 Å². The Hall–Kier alpha value is -1.55. The van der Waals surface area contributed by atoms with Gasteiger partial charge >= 0.3 is 5.97 Å². The fraction of sp³-hybridized carbons (Fsp3) is 0.774. The van der Waals surface area contributed by atoms with Gasteiger partial charge in [-0.15, -0.1) is 0 Å². The molecule has 1 aromatic carbocycles. The molecule has 1 aliphatic rings. The second-order valence-corrected chi connectivity index (χ2v) is 12.0. The summed E-state index contributed by atoms with van der Waals surface area (Å²) >= 11 is 0. The number of aryl methyl sites for hydroxylation is 1. The third-order valence-electron chi connectivity index (χ3n) is 7.87. The van der Waals surface area contributed by atoms with Crippen LogP contribution in [0.4, 0.5) is 0 Å². The van der Waals surface area contributed by atoms with E-state index in [4.69, 9.17) is 9.47 Å². The summed E-state index contributed by atoms with van der Waals surface area (Å²) in [5.41, 5.74) is 3.17. The summed E-state index contributed by atoms with van der Waals surface area (Å²) in [6.07, 6.45) is 13.8. The van der Waals surface area contributed by atoms with E-state index < -0.39 is 0 Å². The lowest BCUT2D eigenvalue weighted by Crippen LogP contribution is -2.37. The van der Waals surface area contributed by atoms with Crippen LogP contribution < -0.4 is 14.8 Å². The van der Waals surface area contributed by atoms with Gasteiger partial charge in [-0.25, -0.2) is 0 Å². The predicted octanol–water partition coefficient (Wildman–Crippen LogP) is 7.95.